The van der Waals surface area contributed by atoms with E-state index in [9.17, 15) is 13.2 Å². The lowest BCUT2D eigenvalue weighted by Crippen LogP contribution is -2.43. The molecule has 162 valence electrons. The van der Waals surface area contributed by atoms with Crippen LogP contribution in [0.15, 0.2) is 57.9 Å². The van der Waals surface area contributed by atoms with Gasteiger partial charge in [-0.05, 0) is 61.2 Å². The summed E-state index contributed by atoms with van der Waals surface area (Å²) in [6.45, 7) is 2.71. The predicted octanol–water partition coefficient (Wildman–Crippen LogP) is 4.13. The summed E-state index contributed by atoms with van der Waals surface area (Å²) >= 11 is 3.43. The molecule has 0 aromatic heterocycles. The molecule has 1 unspecified atom stereocenters. The molecule has 1 aliphatic heterocycles. The van der Waals surface area contributed by atoms with E-state index in [1.807, 2.05) is 31.2 Å². The summed E-state index contributed by atoms with van der Waals surface area (Å²) in [5, 5.41) is 3.13. The normalized spacial score (nSPS) is 16.8. The number of rotatable bonds is 7. The Labute approximate surface area is 186 Å². The summed E-state index contributed by atoms with van der Waals surface area (Å²) < 4.78 is 33.3. The molecule has 3 rings (SSSR count). The smallest absolute Gasteiger partial charge is 0.243 e. The molecule has 1 saturated heterocycles. The number of piperidine rings is 1. The molecule has 1 heterocycles. The highest BCUT2D eigenvalue weighted by molar-refractivity contribution is 9.10. The van der Waals surface area contributed by atoms with Gasteiger partial charge in [0.2, 0.25) is 15.9 Å². The molecule has 6 nitrogen and oxygen atoms in total. The van der Waals surface area contributed by atoms with Gasteiger partial charge >= 0.3 is 0 Å². The summed E-state index contributed by atoms with van der Waals surface area (Å²) in [5.41, 5.74) is 1.06. The minimum Gasteiger partial charge on any atom is -0.497 e. The van der Waals surface area contributed by atoms with Crippen LogP contribution in [-0.2, 0) is 14.8 Å². The average Bonchev–Trinajstić information content (AvgIpc) is 2.78. The maximum atomic E-state index is 12.9. The van der Waals surface area contributed by atoms with E-state index in [1.54, 1.807) is 31.4 Å². The fourth-order valence-electron chi connectivity index (χ4n) is 3.66. The third-order valence-electron chi connectivity index (χ3n) is 5.52. The number of sulfonamides is 1. The summed E-state index contributed by atoms with van der Waals surface area (Å²) in [7, 11) is -2.03. The Morgan fingerprint density at radius 2 is 1.73 bits per heavy atom. The van der Waals surface area contributed by atoms with E-state index in [2.05, 4.69) is 21.2 Å². The van der Waals surface area contributed by atoms with Crippen LogP contribution in [0.2, 0.25) is 0 Å². The maximum absolute atomic E-state index is 12.9. The van der Waals surface area contributed by atoms with Crippen molar-refractivity contribution in [3.05, 3.63) is 58.6 Å². The molecule has 0 radical (unpaired) electrons. The van der Waals surface area contributed by atoms with E-state index < -0.39 is 10.0 Å². The van der Waals surface area contributed by atoms with E-state index in [1.165, 1.54) is 4.31 Å². The topological polar surface area (TPSA) is 75.7 Å². The van der Waals surface area contributed by atoms with Crippen molar-refractivity contribution < 1.29 is 17.9 Å². The number of amides is 1. The molecular weight excluding hydrogens is 468 g/mol. The number of benzene rings is 2. The monoisotopic (exact) mass is 494 g/mol. The number of carbonyl (C=O) groups excluding carboxylic acids is 1. The molecule has 1 fully saturated rings. The first-order chi connectivity index (χ1) is 14.3. The van der Waals surface area contributed by atoms with E-state index in [0.717, 1.165) is 16.5 Å². The molecule has 30 heavy (non-hydrogen) atoms. The zero-order valence-electron chi connectivity index (χ0n) is 17.2. The van der Waals surface area contributed by atoms with Crippen molar-refractivity contribution in [1.29, 1.82) is 0 Å². The first-order valence-electron chi connectivity index (χ1n) is 10.0. The van der Waals surface area contributed by atoms with Gasteiger partial charge in [0.05, 0.1) is 18.0 Å². The standard InChI is InChI=1S/C22H27BrN2O4S/c1-3-21(16-4-6-18(23)7-5-16)24-22(26)17-12-14-25(15-13-17)30(27,28)20-10-8-19(29-2)9-11-20/h4-11,17,21H,3,12-15H2,1-2H3,(H,24,26). The second-order valence-electron chi connectivity index (χ2n) is 7.37. The molecule has 0 aliphatic carbocycles. The van der Waals surface area contributed by atoms with Gasteiger partial charge in [0.1, 0.15) is 5.75 Å². The third kappa shape index (κ3) is 5.22. The number of nitrogens with one attached hydrogen (secondary N) is 1. The van der Waals surface area contributed by atoms with Crippen molar-refractivity contribution in [2.75, 3.05) is 20.2 Å². The zero-order valence-corrected chi connectivity index (χ0v) is 19.6. The number of hydrogen-bond acceptors (Lipinski definition) is 4. The maximum Gasteiger partial charge on any atom is 0.243 e. The highest BCUT2D eigenvalue weighted by Crippen LogP contribution is 2.26. The molecule has 0 spiro atoms. The molecule has 1 amide bonds. The van der Waals surface area contributed by atoms with Crippen LogP contribution in [-0.4, -0.2) is 38.8 Å². The summed E-state index contributed by atoms with van der Waals surface area (Å²) in [5.74, 6) is 0.420. The van der Waals surface area contributed by atoms with Crippen molar-refractivity contribution in [1.82, 2.24) is 9.62 Å². The van der Waals surface area contributed by atoms with Gasteiger partial charge in [-0.25, -0.2) is 8.42 Å². The van der Waals surface area contributed by atoms with Gasteiger partial charge in [-0.2, -0.15) is 4.31 Å². The van der Waals surface area contributed by atoms with Gasteiger partial charge in [0, 0.05) is 23.5 Å². The molecule has 1 N–H and O–H groups in total. The van der Waals surface area contributed by atoms with Gasteiger partial charge in [-0.15, -0.1) is 0 Å². The highest BCUT2D eigenvalue weighted by atomic mass is 79.9. The molecule has 0 bridgehead atoms. The van der Waals surface area contributed by atoms with Gasteiger partial charge < -0.3 is 10.1 Å². The van der Waals surface area contributed by atoms with Crippen LogP contribution in [0.4, 0.5) is 0 Å². The number of hydrogen-bond donors (Lipinski definition) is 1. The number of nitrogens with zero attached hydrogens (tertiary/aromatic N) is 1. The van der Waals surface area contributed by atoms with Crippen LogP contribution in [0.1, 0.15) is 37.8 Å². The third-order valence-corrected chi connectivity index (χ3v) is 7.96. The van der Waals surface area contributed by atoms with E-state index >= 15 is 0 Å². The minimum atomic E-state index is -3.57. The van der Waals surface area contributed by atoms with Crippen LogP contribution in [0.3, 0.4) is 0 Å². The van der Waals surface area contributed by atoms with Crippen LogP contribution >= 0.6 is 15.9 Å². The number of halogens is 1. The summed E-state index contributed by atoms with van der Waals surface area (Å²) in [6, 6.07) is 14.3. The first-order valence-corrected chi connectivity index (χ1v) is 12.3. The lowest BCUT2D eigenvalue weighted by atomic mass is 9.96. The number of methoxy groups -OCH3 is 1. The molecule has 1 aliphatic rings. The SMILES string of the molecule is CCC(NC(=O)C1CCN(S(=O)(=O)c2ccc(OC)cc2)CC1)c1ccc(Br)cc1. The molecular formula is C22H27BrN2O4S. The van der Waals surface area contributed by atoms with Gasteiger partial charge in [-0.1, -0.05) is 35.0 Å². The quantitative estimate of drug-likeness (QED) is 0.627. The summed E-state index contributed by atoms with van der Waals surface area (Å²) in [4.78, 5) is 13.0. The number of carbonyl (C=O) groups is 1. The fourth-order valence-corrected chi connectivity index (χ4v) is 5.39. The molecule has 0 saturated carbocycles. The first kappa shape index (κ1) is 22.8. The molecule has 1 atom stereocenters. The Kier molecular flexibility index (Phi) is 7.55. The molecule has 2 aromatic rings. The Bertz CT molecular complexity index is 954. The Morgan fingerprint density at radius 1 is 1.13 bits per heavy atom. The number of ether oxygens (including phenoxy) is 1. The molecule has 8 heteroatoms. The summed E-state index contributed by atoms with van der Waals surface area (Å²) in [6.07, 6.45) is 1.81. The van der Waals surface area contributed by atoms with Crippen LogP contribution in [0, 0.1) is 5.92 Å². The lowest BCUT2D eigenvalue weighted by molar-refractivity contribution is -0.126. The van der Waals surface area contributed by atoms with Crippen molar-refractivity contribution in [2.45, 2.75) is 37.1 Å². The van der Waals surface area contributed by atoms with E-state index in [0.29, 0.717) is 31.7 Å². The van der Waals surface area contributed by atoms with Crippen molar-refractivity contribution in [3.8, 4) is 5.75 Å². The van der Waals surface area contributed by atoms with Crippen LogP contribution < -0.4 is 10.1 Å². The zero-order chi connectivity index (χ0) is 21.7. The predicted molar refractivity (Wildman–Crippen MR) is 120 cm³/mol. The Hall–Kier alpha value is -1.90. The second-order valence-corrected chi connectivity index (χ2v) is 10.2. The largest absolute Gasteiger partial charge is 0.497 e. The lowest BCUT2D eigenvalue weighted by Gasteiger charge is -2.31. The van der Waals surface area contributed by atoms with Crippen molar-refractivity contribution in [2.24, 2.45) is 5.92 Å². The Morgan fingerprint density at radius 3 is 2.27 bits per heavy atom. The molecule has 2 aromatic carbocycles. The van der Waals surface area contributed by atoms with E-state index in [-0.39, 0.29) is 22.8 Å². The average molecular weight is 495 g/mol. The van der Waals surface area contributed by atoms with Gasteiger partial charge in [0.15, 0.2) is 0 Å². The minimum absolute atomic E-state index is 0.00809. The van der Waals surface area contributed by atoms with Crippen molar-refractivity contribution >= 4 is 31.9 Å². The fraction of sp³-hybridized carbons (Fsp3) is 0.409. The second kappa shape index (κ2) is 9.94. The van der Waals surface area contributed by atoms with Gasteiger partial charge in [-0.3, -0.25) is 4.79 Å². The van der Waals surface area contributed by atoms with Crippen LogP contribution in [0.25, 0.3) is 0 Å². The highest BCUT2D eigenvalue weighted by Gasteiger charge is 2.32. The van der Waals surface area contributed by atoms with Crippen LogP contribution in [0.5, 0.6) is 5.75 Å². The Balaban J connectivity index is 1.59. The van der Waals surface area contributed by atoms with Crippen molar-refractivity contribution in [3.63, 3.8) is 0 Å². The van der Waals surface area contributed by atoms with E-state index in [4.69, 9.17) is 4.74 Å². The van der Waals surface area contributed by atoms with Gasteiger partial charge in [0.25, 0.3) is 0 Å².